The molecular formula is C10H9ClN2O. The Balaban J connectivity index is 2.28. The molecule has 1 N–H and O–H groups in total. The maximum atomic E-state index is 11.2. The van der Waals surface area contributed by atoms with Gasteiger partial charge < -0.3 is 0 Å². The summed E-state index contributed by atoms with van der Waals surface area (Å²) in [4.78, 5) is 11.2. The van der Waals surface area contributed by atoms with Gasteiger partial charge in [-0.05, 0) is 12.1 Å². The van der Waals surface area contributed by atoms with Crippen LogP contribution in [0.25, 0.3) is 0 Å². The Labute approximate surface area is 86.9 Å². The maximum absolute atomic E-state index is 11.2. The molecule has 1 aromatic carbocycles. The number of nitrogens with zero attached hydrogens (tertiary/aromatic N) is 1. The SMILES string of the molecule is O=C1CC(Cl)=CN(c2ccccc2)N1. The van der Waals surface area contributed by atoms with E-state index in [4.69, 9.17) is 11.6 Å². The van der Waals surface area contributed by atoms with E-state index in [0.717, 1.165) is 5.69 Å². The number of carbonyl (C=O) groups is 1. The first-order valence-corrected chi connectivity index (χ1v) is 4.63. The van der Waals surface area contributed by atoms with Crippen LogP contribution in [0.1, 0.15) is 6.42 Å². The summed E-state index contributed by atoms with van der Waals surface area (Å²) in [5.41, 5.74) is 3.58. The summed E-state index contributed by atoms with van der Waals surface area (Å²) in [7, 11) is 0. The van der Waals surface area contributed by atoms with Crippen molar-refractivity contribution in [1.29, 1.82) is 0 Å². The Bertz CT molecular complexity index is 375. The van der Waals surface area contributed by atoms with Crippen molar-refractivity contribution in [3.63, 3.8) is 0 Å². The Morgan fingerprint density at radius 3 is 2.64 bits per heavy atom. The number of rotatable bonds is 1. The van der Waals surface area contributed by atoms with Crippen molar-refractivity contribution in [3.8, 4) is 0 Å². The van der Waals surface area contributed by atoms with Crippen LogP contribution in [0.15, 0.2) is 41.6 Å². The first-order chi connectivity index (χ1) is 6.75. The molecule has 0 fully saturated rings. The Kier molecular flexibility index (Phi) is 2.41. The van der Waals surface area contributed by atoms with Crippen LogP contribution >= 0.6 is 11.6 Å². The molecule has 0 saturated heterocycles. The zero-order chi connectivity index (χ0) is 9.97. The molecule has 0 atom stereocenters. The molecule has 0 bridgehead atoms. The minimum Gasteiger partial charge on any atom is -0.273 e. The van der Waals surface area contributed by atoms with E-state index in [1.165, 1.54) is 0 Å². The summed E-state index contributed by atoms with van der Waals surface area (Å²) in [5.74, 6) is -0.0960. The van der Waals surface area contributed by atoms with E-state index >= 15 is 0 Å². The number of hydrogen-bond donors (Lipinski definition) is 1. The number of anilines is 1. The van der Waals surface area contributed by atoms with E-state index in [9.17, 15) is 4.79 Å². The van der Waals surface area contributed by atoms with Gasteiger partial charge >= 0.3 is 0 Å². The largest absolute Gasteiger partial charge is 0.273 e. The normalized spacial score (nSPS) is 16.2. The summed E-state index contributed by atoms with van der Waals surface area (Å²) < 4.78 is 0. The van der Waals surface area contributed by atoms with Crippen molar-refractivity contribution in [2.24, 2.45) is 0 Å². The van der Waals surface area contributed by atoms with Crippen molar-refractivity contribution >= 4 is 23.2 Å². The van der Waals surface area contributed by atoms with Gasteiger partial charge in [-0.15, -0.1) is 0 Å². The molecule has 3 nitrogen and oxygen atoms in total. The third-order valence-electron chi connectivity index (χ3n) is 1.88. The number of halogens is 1. The Morgan fingerprint density at radius 2 is 2.00 bits per heavy atom. The van der Waals surface area contributed by atoms with Crippen molar-refractivity contribution in [3.05, 3.63) is 41.6 Å². The summed E-state index contributed by atoms with van der Waals surface area (Å²) in [6.45, 7) is 0. The second kappa shape index (κ2) is 3.72. The molecule has 1 amide bonds. The zero-order valence-electron chi connectivity index (χ0n) is 7.40. The van der Waals surface area contributed by atoms with Gasteiger partial charge in [0.25, 0.3) is 0 Å². The minimum absolute atomic E-state index is 0.0960. The molecule has 0 spiro atoms. The molecule has 0 saturated carbocycles. The molecule has 2 rings (SSSR count). The highest BCUT2D eigenvalue weighted by Crippen LogP contribution is 2.19. The fourth-order valence-electron chi connectivity index (χ4n) is 1.27. The van der Waals surface area contributed by atoms with Crippen LogP contribution in [-0.2, 0) is 4.79 Å². The van der Waals surface area contributed by atoms with Crippen molar-refractivity contribution in [2.45, 2.75) is 6.42 Å². The van der Waals surface area contributed by atoms with Crippen LogP contribution in [0.2, 0.25) is 0 Å². The highest BCUT2D eigenvalue weighted by Gasteiger charge is 2.15. The summed E-state index contributed by atoms with van der Waals surface area (Å²) in [5, 5.41) is 2.16. The predicted octanol–water partition coefficient (Wildman–Crippen LogP) is 2.01. The van der Waals surface area contributed by atoms with Crippen LogP contribution < -0.4 is 10.4 Å². The number of hydrazine groups is 1. The molecule has 4 heteroatoms. The molecule has 1 aliphatic heterocycles. The first kappa shape index (κ1) is 9.09. The standard InChI is InChI=1S/C10H9ClN2O/c11-8-6-10(14)12-13(7-8)9-4-2-1-3-5-9/h1-5,7H,6H2,(H,12,14). The van der Waals surface area contributed by atoms with Gasteiger partial charge in [0.2, 0.25) is 5.91 Å². The van der Waals surface area contributed by atoms with E-state index in [0.29, 0.717) is 5.03 Å². The minimum atomic E-state index is -0.0960. The fraction of sp³-hybridized carbons (Fsp3) is 0.100. The number of benzene rings is 1. The number of carbonyl (C=O) groups excluding carboxylic acids is 1. The number of nitrogens with one attached hydrogen (secondary N) is 1. The molecule has 72 valence electrons. The lowest BCUT2D eigenvalue weighted by molar-refractivity contribution is -0.120. The predicted molar refractivity (Wildman–Crippen MR) is 55.6 cm³/mol. The first-order valence-electron chi connectivity index (χ1n) is 4.25. The van der Waals surface area contributed by atoms with Crippen molar-refractivity contribution in [2.75, 3.05) is 5.01 Å². The van der Waals surface area contributed by atoms with Gasteiger partial charge in [0.05, 0.1) is 12.1 Å². The molecule has 1 aromatic rings. The van der Waals surface area contributed by atoms with E-state index in [-0.39, 0.29) is 12.3 Å². The van der Waals surface area contributed by atoms with Gasteiger partial charge in [-0.2, -0.15) is 0 Å². The lowest BCUT2D eigenvalue weighted by Gasteiger charge is -2.25. The third-order valence-corrected chi connectivity index (χ3v) is 2.11. The highest BCUT2D eigenvalue weighted by atomic mass is 35.5. The molecule has 14 heavy (non-hydrogen) atoms. The monoisotopic (exact) mass is 208 g/mol. The number of para-hydroxylation sites is 1. The van der Waals surface area contributed by atoms with Crippen LogP contribution in [-0.4, -0.2) is 5.91 Å². The average Bonchev–Trinajstić information content (AvgIpc) is 2.18. The molecular weight excluding hydrogens is 200 g/mol. The van der Waals surface area contributed by atoms with Crippen LogP contribution in [0.4, 0.5) is 5.69 Å². The van der Waals surface area contributed by atoms with E-state index in [2.05, 4.69) is 5.43 Å². The Hall–Kier alpha value is -1.48. The maximum Gasteiger partial charge on any atom is 0.244 e. The molecule has 0 radical (unpaired) electrons. The summed E-state index contributed by atoms with van der Waals surface area (Å²) >= 11 is 5.81. The van der Waals surface area contributed by atoms with Gasteiger partial charge in [-0.25, -0.2) is 0 Å². The van der Waals surface area contributed by atoms with Crippen molar-refractivity contribution in [1.82, 2.24) is 5.43 Å². The summed E-state index contributed by atoms with van der Waals surface area (Å²) in [6.07, 6.45) is 1.96. The van der Waals surface area contributed by atoms with Gasteiger partial charge in [0, 0.05) is 11.2 Å². The number of amides is 1. The average molecular weight is 209 g/mol. The second-order valence-electron chi connectivity index (χ2n) is 2.99. The Morgan fingerprint density at radius 1 is 1.29 bits per heavy atom. The molecule has 1 aliphatic rings. The van der Waals surface area contributed by atoms with Crippen LogP contribution in [0, 0.1) is 0 Å². The van der Waals surface area contributed by atoms with Crippen LogP contribution in [0.3, 0.4) is 0 Å². The summed E-state index contributed by atoms with van der Waals surface area (Å²) in [6, 6.07) is 9.51. The fourth-order valence-corrected chi connectivity index (χ4v) is 1.49. The van der Waals surface area contributed by atoms with E-state index in [1.54, 1.807) is 11.2 Å². The molecule has 1 heterocycles. The zero-order valence-corrected chi connectivity index (χ0v) is 8.16. The number of hydrogen-bond acceptors (Lipinski definition) is 2. The molecule has 0 aromatic heterocycles. The van der Waals surface area contributed by atoms with E-state index < -0.39 is 0 Å². The van der Waals surface area contributed by atoms with Gasteiger partial charge in [-0.3, -0.25) is 15.2 Å². The smallest absolute Gasteiger partial charge is 0.244 e. The van der Waals surface area contributed by atoms with Gasteiger partial charge in [-0.1, -0.05) is 29.8 Å². The lowest BCUT2D eigenvalue weighted by Crippen LogP contribution is -2.41. The second-order valence-corrected chi connectivity index (χ2v) is 3.48. The van der Waals surface area contributed by atoms with E-state index in [1.807, 2.05) is 30.3 Å². The quantitative estimate of drug-likeness (QED) is 0.766. The van der Waals surface area contributed by atoms with Gasteiger partial charge in [0.15, 0.2) is 0 Å². The topological polar surface area (TPSA) is 32.3 Å². The van der Waals surface area contributed by atoms with Crippen molar-refractivity contribution < 1.29 is 4.79 Å². The van der Waals surface area contributed by atoms with Gasteiger partial charge in [0.1, 0.15) is 0 Å². The molecule has 0 unspecified atom stereocenters. The molecule has 0 aliphatic carbocycles. The lowest BCUT2D eigenvalue weighted by atomic mass is 10.3. The third kappa shape index (κ3) is 1.88. The highest BCUT2D eigenvalue weighted by molar-refractivity contribution is 6.31. The van der Waals surface area contributed by atoms with Crippen LogP contribution in [0.5, 0.6) is 0 Å².